The number of methoxy groups -OCH3 is 1. The van der Waals surface area contributed by atoms with Gasteiger partial charge >= 0.3 is 0 Å². The maximum absolute atomic E-state index is 13.2. The smallest absolute Gasteiger partial charge is 0.258 e. The Hall–Kier alpha value is -2.85. The normalized spacial score (nSPS) is 15.0. The number of ether oxygens (including phenoxy) is 1. The number of piperazine rings is 1. The molecule has 1 saturated heterocycles. The van der Waals surface area contributed by atoms with Crippen molar-refractivity contribution in [2.75, 3.05) is 33.3 Å². The molecule has 0 aliphatic carbocycles. The summed E-state index contributed by atoms with van der Waals surface area (Å²) in [6.45, 7) is 6.63. The first-order valence-corrected chi connectivity index (χ1v) is 9.89. The highest BCUT2D eigenvalue weighted by Crippen LogP contribution is 2.27. The van der Waals surface area contributed by atoms with Gasteiger partial charge in [0.05, 0.1) is 38.9 Å². The topological polar surface area (TPSA) is 34.0 Å². The molecule has 1 fully saturated rings. The number of fused-ring (bicyclic) bond motifs is 1. The fraction of sp³-hybridized carbons (Fsp3) is 0.292. The molecule has 1 N–H and O–H groups in total. The van der Waals surface area contributed by atoms with Crippen molar-refractivity contribution in [2.45, 2.75) is 13.5 Å². The highest BCUT2D eigenvalue weighted by Gasteiger charge is 2.26. The molecule has 0 bridgehead atoms. The average Bonchev–Trinajstić information content (AvgIpc) is 2.73. The third kappa shape index (κ3) is 3.87. The van der Waals surface area contributed by atoms with E-state index in [-0.39, 0.29) is 5.91 Å². The number of rotatable bonds is 4. The van der Waals surface area contributed by atoms with E-state index < -0.39 is 0 Å². The van der Waals surface area contributed by atoms with Crippen LogP contribution in [0.4, 0.5) is 0 Å². The van der Waals surface area contributed by atoms with Crippen molar-refractivity contribution in [1.29, 1.82) is 0 Å². The zero-order valence-corrected chi connectivity index (χ0v) is 16.6. The lowest BCUT2D eigenvalue weighted by Crippen LogP contribution is -3.13. The Morgan fingerprint density at radius 2 is 1.71 bits per heavy atom. The van der Waals surface area contributed by atoms with Gasteiger partial charge in [0.25, 0.3) is 5.91 Å². The lowest BCUT2D eigenvalue weighted by atomic mass is 10.0. The minimum absolute atomic E-state index is 0.0669. The Labute approximate surface area is 166 Å². The molecule has 28 heavy (non-hydrogen) atoms. The maximum Gasteiger partial charge on any atom is 0.258 e. The molecule has 0 saturated carbocycles. The number of quaternary nitrogens is 1. The van der Waals surface area contributed by atoms with Crippen LogP contribution in [0.3, 0.4) is 0 Å². The second-order valence-corrected chi connectivity index (χ2v) is 7.61. The van der Waals surface area contributed by atoms with Crippen LogP contribution in [-0.4, -0.2) is 44.1 Å². The third-order valence-corrected chi connectivity index (χ3v) is 5.59. The van der Waals surface area contributed by atoms with Crippen molar-refractivity contribution in [1.82, 2.24) is 4.90 Å². The zero-order valence-electron chi connectivity index (χ0n) is 16.6. The number of carbonyl (C=O) groups is 1. The molecule has 4 heteroatoms. The summed E-state index contributed by atoms with van der Waals surface area (Å²) in [5.41, 5.74) is 3.32. The van der Waals surface area contributed by atoms with E-state index in [1.807, 2.05) is 41.3 Å². The van der Waals surface area contributed by atoms with Crippen LogP contribution in [0.25, 0.3) is 10.8 Å². The quantitative estimate of drug-likeness (QED) is 0.761. The fourth-order valence-electron chi connectivity index (χ4n) is 4.04. The molecule has 0 radical (unpaired) electrons. The van der Waals surface area contributed by atoms with Gasteiger partial charge in [-0.2, -0.15) is 0 Å². The first-order valence-electron chi connectivity index (χ1n) is 9.89. The molecule has 4 nitrogen and oxygen atoms in total. The largest absolute Gasteiger partial charge is 0.496 e. The van der Waals surface area contributed by atoms with Crippen LogP contribution in [0.1, 0.15) is 21.5 Å². The second-order valence-electron chi connectivity index (χ2n) is 7.61. The molecular weight excluding hydrogens is 348 g/mol. The van der Waals surface area contributed by atoms with E-state index in [1.165, 1.54) is 16.0 Å². The number of nitrogens with zero attached hydrogens (tertiary/aromatic N) is 1. The molecule has 1 heterocycles. The predicted octanol–water partition coefficient (Wildman–Crippen LogP) is 2.70. The SMILES string of the molecule is COc1cc2ccccc2cc1C(=O)N1CC[NH+](Cc2cccc(C)c2)CC1. The standard InChI is InChI=1S/C24H26N2O2/c1-18-6-5-7-19(14-18)17-25-10-12-26(13-11-25)24(27)22-15-20-8-3-4-9-21(20)16-23(22)28-2/h3-9,14-16H,10-13,17H2,1-2H3/p+1. The van der Waals surface area contributed by atoms with Crippen LogP contribution in [0, 0.1) is 6.92 Å². The Kier molecular flexibility index (Phi) is 5.31. The summed E-state index contributed by atoms with van der Waals surface area (Å²) < 4.78 is 5.52. The first kappa shape index (κ1) is 18.5. The van der Waals surface area contributed by atoms with Crippen molar-refractivity contribution >= 4 is 16.7 Å². The van der Waals surface area contributed by atoms with Crippen LogP contribution in [0.5, 0.6) is 5.75 Å². The summed E-state index contributed by atoms with van der Waals surface area (Å²) in [6.07, 6.45) is 0. The average molecular weight is 375 g/mol. The summed E-state index contributed by atoms with van der Waals surface area (Å²) >= 11 is 0. The highest BCUT2D eigenvalue weighted by atomic mass is 16.5. The molecule has 144 valence electrons. The lowest BCUT2D eigenvalue weighted by molar-refractivity contribution is -0.917. The van der Waals surface area contributed by atoms with Crippen LogP contribution in [-0.2, 0) is 6.54 Å². The van der Waals surface area contributed by atoms with E-state index in [2.05, 4.69) is 31.2 Å². The monoisotopic (exact) mass is 375 g/mol. The van der Waals surface area contributed by atoms with Gasteiger partial charge < -0.3 is 14.5 Å². The molecule has 1 amide bonds. The summed E-state index contributed by atoms with van der Waals surface area (Å²) in [5.74, 6) is 0.718. The summed E-state index contributed by atoms with van der Waals surface area (Å²) in [5, 5.41) is 2.15. The molecular formula is C24H27N2O2+. The van der Waals surface area contributed by atoms with Gasteiger partial charge in [-0.3, -0.25) is 4.79 Å². The zero-order chi connectivity index (χ0) is 19.5. The van der Waals surface area contributed by atoms with Crippen molar-refractivity contribution in [3.8, 4) is 5.75 Å². The van der Waals surface area contributed by atoms with Gasteiger partial charge in [0, 0.05) is 5.56 Å². The Morgan fingerprint density at radius 1 is 1.00 bits per heavy atom. The molecule has 0 spiro atoms. The third-order valence-electron chi connectivity index (χ3n) is 5.59. The molecule has 0 aromatic heterocycles. The maximum atomic E-state index is 13.2. The molecule has 1 aliphatic rings. The Morgan fingerprint density at radius 3 is 2.39 bits per heavy atom. The van der Waals surface area contributed by atoms with Crippen LogP contribution in [0.15, 0.2) is 60.7 Å². The van der Waals surface area contributed by atoms with Gasteiger partial charge in [-0.05, 0) is 29.8 Å². The number of hydrogen-bond acceptors (Lipinski definition) is 2. The van der Waals surface area contributed by atoms with E-state index >= 15 is 0 Å². The minimum Gasteiger partial charge on any atom is -0.496 e. The minimum atomic E-state index is 0.0669. The van der Waals surface area contributed by atoms with Gasteiger partial charge in [0.15, 0.2) is 0 Å². The summed E-state index contributed by atoms with van der Waals surface area (Å²) in [4.78, 5) is 16.7. The number of aryl methyl sites for hydroxylation is 1. The molecule has 4 rings (SSSR count). The van der Waals surface area contributed by atoms with Gasteiger partial charge in [-0.1, -0.05) is 54.1 Å². The van der Waals surface area contributed by atoms with E-state index in [4.69, 9.17) is 4.74 Å². The number of benzene rings is 3. The molecule has 0 atom stereocenters. The number of hydrogen-bond donors (Lipinski definition) is 1. The van der Waals surface area contributed by atoms with Crippen LogP contribution in [0.2, 0.25) is 0 Å². The lowest BCUT2D eigenvalue weighted by Gasteiger charge is -2.32. The van der Waals surface area contributed by atoms with E-state index in [0.29, 0.717) is 11.3 Å². The fourth-order valence-corrected chi connectivity index (χ4v) is 4.04. The Balaban J connectivity index is 1.46. The van der Waals surface area contributed by atoms with E-state index in [1.54, 1.807) is 7.11 Å². The van der Waals surface area contributed by atoms with Gasteiger partial charge in [-0.25, -0.2) is 0 Å². The molecule has 1 aliphatic heterocycles. The highest BCUT2D eigenvalue weighted by molar-refractivity contribution is 6.01. The first-order chi connectivity index (χ1) is 13.6. The number of nitrogens with one attached hydrogen (secondary N) is 1. The van der Waals surface area contributed by atoms with Crippen molar-refractivity contribution in [2.24, 2.45) is 0 Å². The van der Waals surface area contributed by atoms with Crippen LogP contribution < -0.4 is 9.64 Å². The number of amides is 1. The molecule has 3 aromatic rings. The molecule has 3 aromatic carbocycles. The van der Waals surface area contributed by atoms with Gasteiger partial charge in [0.2, 0.25) is 0 Å². The van der Waals surface area contributed by atoms with E-state index in [9.17, 15) is 4.79 Å². The number of carbonyl (C=O) groups excluding carboxylic acids is 1. The van der Waals surface area contributed by atoms with Crippen molar-refractivity contribution < 1.29 is 14.4 Å². The Bertz CT molecular complexity index is 991. The van der Waals surface area contributed by atoms with Crippen molar-refractivity contribution in [3.63, 3.8) is 0 Å². The predicted molar refractivity (Wildman–Crippen MR) is 112 cm³/mol. The summed E-state index contributed by atoms with van der Waals surface area (Å²) in [6, 6.07) is 20.7. The van der Waals surface area contributed by atoms with Crippen LogP contribution >= 0.6 is 0 Å². The van der Waals surface area contributed by atoms with Crippen molar-refractivity contribution in [3.05, 3.63) is 77.4 Å². The second kappa shape index (κ2) is 8.03. The van der Waals surface area contributed by atoms with Gasteiger partial charge in [-0.15, -0.1) is 0 Å². The summed E-state index contributed by atoms with van der Waals surface area (Å²) in [7, 11) is 1.63. The molecule has 0 unspecified atom stereocenters. The van der Waals surface area contributed by atoms with E-state index in [0.717, 1.165) is 43.5 Å². The van der Waals surface area contributed by atoms with Gasteiger partial charge in [0.1, 0.15) is 12.3 Å².